The molecule has 0 aromatic carbocycles. The largest absolute Gasteiger partial charge is 0.477 e. The Balaban J connectivity index is 1.79. The summed E-state index contributed by atoms with van der Waals surface area (Å²) in [5.41, 5.74) is 13.2. The summed E-state index contributed by atoms with van der Waals surface area (Å²) in [7, 11) is 0. The molecule has 1 saturated heterocycles. The van der Waals surface area contributed by atoms with Crippen molar-refractivity contribution >= 4 is 57.7 Å². The lowest BCUT2D eigenvalue weighted by Gasteiger charge is -2.49. The highest BCUT2D eigenvalue weighted by Gasteiger charge is 2.54. The number of thioether (sulfide) groups is 1. The van der Waals surface area contributed by atoms with E-state index in [0.717, 1.165) is 16.2 Å². The first kappa shape index (κ1) is 27.8. The number of carbonyl (C=O) groups excluding carboxylic acids is 3. The monoisotopic (exact) mass is 552 g/mol. The highest BCUT2D eigenvalue weighted by molar-refractivity contribution is 8.00. The first-order chi connectivity index (χ1) is 17.3. The van der Waals surface area contributed by atoms with E-state index in [1.54, 1.807) is 20.8 Å². The van der Waals surface area contributed by atoms with Gasteiger partial charge >= 0.3 is 11.9 Å². The molecule has 0 bridgehead atoms. The van der Waals surface area contributed by atoms with E-state index in [1.165, 1.54) is 24.1 Å². The second kappa shape index (κ2) is 11.1. The first-order valence-electron chi connectivity index (χ1n) is 10.7. The number of carboxylic acid groups (broad SMARTS) is 1. The van der Waals surface area contributed by atoms with Gasteiger partial charge in [-0.25, -0.2) is 14.6 Å². The molecule has 2 amide bonds. The zero-order chi connectivity index (χ0) is 27.5. The standard InChI is InChI=1S/C20H24N8O7S2/c1-8(18(33)34-20(2,3)4)35-26-11(10-7-37-19(21)24-10)14(29)25-12-15(30)28-13(17(31)32)9(5-23-27-22)6-36-16(12)28/h7-8,12,16H,5-6H2,1-4H3,(H2,21,24)(H,25,29)(H,31,32)/b26-11-/t8?,12?,16-/m1/s1. The number of azide groups is 1. The number of thiazole rings is 1. The summed E-state index contributed by atoms with van der Waals surface area (Å²) in [6, 6.07) is -1.07. The fourth-order valence-electron chi connectivity index (χ4n) is 3.29. The number of aromatic nitrogens is 1. The van der Waals surface area contributed by atoms with Crippen LogP contribution in [0.5, 0.6) is 0 Å². The van der Waals surface area contributed by atoms with Gasteiger partial charge in [-0.15, -0.1) is 23.1 Å². The molecule has 0 radical (unpaired) electrons. The molecule has 3 atom stereocenters. The Labute approximate surface area is 218 Å². The molecule has 2 unspecified atom stereocenters. The number of ether oxygens (including phenoxy) is 1. The van der Waals surface area contributed by atoms with E-state index < -0.39 is 46.9 Å². The molecule has 15 nitrogen and oxygen atoms in total. The van der Waals surface area contributed by atoms with Crippen LogP contribution in [0.2, 0.25) is 0 Å². The van der Waals surface area contributed by atoms with Gasteiger partial charge in [0.1, 0.15) is 28.4 Å². The van der Waals surface area contributed by atoms with Gasteiger partial charge in [0, 0.05) is 16.0 Å². The third-order valence-electron chi connectivity index (χ3n) is 4.88. The highest BCUT2D eigenvalue weighted by Crippen LogP contribution is 2.40. The average molecular weight is 553 g/mol. The van der Waals surface area contributed by atoms with Crippen LogP contribution in [0.15, 0.2) is 26.9 Å². The van der Waals surface area contributed by atoms with Gasteiger partial charge in [0.25, 0.3) is 11.8 Å². The number of nitrogen functional groups attached to an aromatic ring is 1. The summed E-state index contributed by atoms with van der Waals surface area (Å²) in [5.74, 6) is -3.39. The fourth-order valence-corrected chi connectivity index (χ4v) is 5.17. The van der Waals surface area contributed by atoms with Crippen molar-refractivity contribution in [1.29, 1.82) is 0 Å². The molecule has 2 aliphatic rings. The van der Waals surface area contributed by atoms with E-state index in [4.69, 9.17) is 20.8 Å². The third kappa shape index (κ3) is 6.31. The van der Waals surface area contributed by atoms with Crippen LogP contribution in [-0.2, 0) is 28.8 Å². The van der Waals surface area contributed by atoms with Crippen LogP contribution < -0.4 is 11.1 Å². The number of amides is 2. The molecular formula is C20H24N8O7S2. The van der Waals surface area contributed by atoms with Crippen LogP contribution >= 0.6 is 23.1 Å². The molecule has 4 N–H and O–H groups in total. The third-order valence-corrected chi connectivity index (χ3v) is 6.90. The van der Waals surface area contributed by atoms with Crippen LogP contribution in [0.3, 0.4) is 0 Å². The number of nitrogens with zero attached hydrogens (tertiary/aromatic N) is 6. The minimum atomic E-state index is -1.35. The molecule has 37 heavy (non-hydrogen) atoms. The molecule has 17 heteroatoms. The summed E-state index contributed by atoms with van der Waals surface area (Å²) in [6.45, 7) is 6.25. The molecule has 0 aliphatic carbocycles. The lowest BCUT2D eigenvalue weighted by Crippen LogP contribution is -2.71. The van der Waals surface area contributed by atoms with Gasteiger partial charge in [-0.1, -0.05) is 10.3 Å². The number of hydrogen-bond acceptors (Lipinski definition) is 12. The zero-order valence-corrected chi connectivity index (χ0v) is 21.8. The predicted octanol–water partition coefficient (Wildman–Crippen LogP) is 1.23. The Hall–Kier alpha value is -3.82. The lowest BCUT2D eigenvalue weighted by molar-refractivity contribution is -0.167. The van der Waals surface area contributed by atoms with Crippen molar-refractivity contribution in [3.8, 4) is 0 Å². The second-order valence-corrected chi connectivity index (χ2v) is 10.8. The van der Waals surface area contributed by atoms with Crippen molar-refractivity contribution in [2.45, 2.75) is 50.8 Å². The van der Waals surface area contributed by atoms with Crippen LogP contribution in [0.25, 0.3) is 10.4 Å². The number of esters is 1. The molecule has 0 saturated carbocycles. The lowest BCUT2D eigenvalue weighted by atomic mass is 10.0. The summed E-state index contributed by atoms with van der Waals surface area (Å²) in [6.07, 6.45) is -1.16. The second-order valence-electron chi connectivity index (χ2n) is 8.80. The van der Waals surface area contributed by atoms with Crippen molar-refractivity contribution in [3.63, 3.8) is 0 Å². The summed E-state index contributed by atoms with van der Waals surface area (Å²) >= 11 is 2.25. The smallest absolute Gasteiger partial charge is 0.352 e. The number of hydrogen-bond donors (Lipinski definition) is 3. The fraction of sp³-hybridized carbons (Fsp3) is 0.500. The SMILES string of the molecule is CC(O/N=C(\C(=O)NC1C(=O)N2C(C(=O)O)=C(CN=[N+]=[N-])CS[C@H]12)c1csc(N)n1)C(=O)OC(C)(C)C. The van der Waals surface area contributed by atoms with Crippen LogP contribution in [0, 0.1) is 0 Å². The van der Waals surface area contributed by atoms with Crippen molar-refractivity contribution in [3.05, 3.63) is 32.8 Å². The summed E-state index contributed by atoms with van der Waals surface area (Å²) < 4.78 is 5.23. The maximum Gasteiger partial charge on any atom is 0.352 e. The number of fused-ring (bicyclic) bond motifs is 1. The van der Waals surface area contributed by atoms with Crippen molar-refractivity contribution in [1.82, 2.24) is 15.2 Å². The van der Waals surface area contributed by atoms with E-state index in [2.05, 4.69) is 25.5 Å². The van der Waals surface area contributed by atoms with Crippen molar-refractivity contribution < 1.29 is 33.9 Å². The van der Waals surface area contributed by atoms with Crippen molar-refractivity contribution in [2.24, 2.45) is 10.3 Å². The summed E-state index contributed by atoms with van der Waals surface area (Å²) in [4.78, 5) is 62.9. The first-order valence-corrected chi connectivity index (χ1v) is 12.7. The van der Waals surface area contributed by atoms with E-state index >= 15 is 0 Å². The molecule has 0 spiro atoms. The van der Waals surface area contributed by atoms with Gasteiger partial charge in [0.05, 0.1) is 6.54 Å². The molecular weight excluding hydrogens is 528 g/mol. The molecule has 3 heterocycles. The Morgan fingerprint density at radius 1 is 1.43 bits per heavy atom. The minimum Gasteiger partial charge on any atom is -0.477 e. The number of nitrogens with one attached hydrogen (secondary N) is 1. The number of carbonyl (C=O) groups is 4. The average Bonchev–Trinajstić information content (AvgIpc) is 3.24. The number of carboxylic acids is 1. The Bertz CT molecular complexity index is 1230. The molecule has 198 valence electrons. The Morgan fingerprint density at radius 3 is 2.70 bits per heavy atom. The molecule has 1 fully saturated rings. The maximum absolute atomic E-state index is 13.1. The van der Waals surface area contributed by atoms with E-state index in [9.17, 15) is 24.3 Å². The van der Waals surface area contributed by atoms with Crippen molar-refractivity contribution in [2.75, 3.05) is 18.0 Å². The number of oxime groups is 1. The highest BCUT2D eigenvalue weighted by atomic mass is 32.2. The summed E-state index contributed by atoms with van der Waals surface area (Å²) in [5, 5.41) is 20.2. The van der Waals surface area contributed by atoms with E-state index in [-0.39, 0.29) is 40.1 Å². The number of aliphatic carboxylic acids is 1. The van der Waals surface area contributed by atoms with Gasteiger partial charge < -0.3 is 25.7 Å². The predicted molar refractivity (Wildman–Crippen MR) is 133 cm³/mol. The van der Waals surface area contributed by atoms with Gasteiger partial charge in [-0.3, -0.25) is 14.5 Å². The molecule has 3 rings (SSSR count). The zero-order valence-electron chi connectivity index (χ0n) is 20.2. The van der Waals surface area contributed by atoms with E-state index in [0.29, 0.717) is 0 Å². The normalized spacial score (nSPS) is 20.3. The van der Waals surface area contributed by atoms with Crippen LogP contribution in [0.4, 0.5) is 5.13 Å². The number of anilines is 1. The molecule has 1 aromatic rings. The maximum atomic E-state index is 13.1. The van der Waals surface area contributed by atoms with Crippen LogP contribution in [0.1, 0.15) is 33.4 Å². The number of β-lactam (4-membered cyclic amide) rings is 1. The molecule has 2 aliphatic heterocycles. The Morgan fingerprint density at radius 2 is 2.14 bits per heavy atom. The van der Waals surface area contributed by atoms with Gasteiger partial charge in [0.15, 0.2) is 10.8 Å². The number of rotatable bonds is 9. The number of nitrogens with two attached hydrogens (primary N) is 1. The van der Waals surface area contributed by atoms with Gasteiger partial charge in [-0.05, 0) is 38.8 Å². The topological polar surface area (TPSA) is 222 Å². The molecule has 1 aromatic heterocycles. The van der Waals surface area contributed by atoms with Gasteiger partial charge in [-0.2, -0.15) is 0 Å². The Kier molecular flexibility index (Phi) is 8.30. The quantitative estimate of drug-likeness (QED) is 0.0755. The van der Waals surface area contributed by atoms with E-state index in [1.807, 2.05) is 0 Å². The van der Waals surface area contributed by atoms with Crippen LogP contribution in [-0.4, -0.2) is 79.9 Å². The van der Waals surface area contributed by atoms with Gasteiger partial charge in [0.2, 0.25) is 6.10 Å². The minimum absolute atomic E-state index is 0.0547.